The monoisotopic (exact) mass is 278 g/mol. The van der Waals surface area contributed by atoms with Crippen molar-refractivity contribution in [3.05, 3.63) is 34.3 Å². The minimum Gasteiger partial charge on any atom is -0.478 e. The molecule has 0 saturated carbocycles. The second-order valence-corrected chi connectivity index (χ2v) is 4.32. The molecule has 2 atom stereocenters. The standard InChI is InChI=1S/C11H12Cl2O4/c12-4-3-9(14)10(15)6-1-2-8(13)7(5-6)11(16)17/h1-2,5,9-10,14-15H,3-4H2,(H,16,17). The highest BCUT2D eigenvalue weighted by Gasteiger charge is 2.20. The first-order valence-corrected chi connectivity index (χ1v) is 5.83. The Bertz CT molecular complexity index is 408. The molecule has 94 valence electrons. The molecule has 0 aliphatic rings. The van der Waals surface area contributed by atoms with Gasteiger partial charge in [0.1, 0.15) is 6.10 Å². The summed E-state index contributed by atoms with van der Waals surface area (Å²) in [6.45, 7) is 0. The maximum atomic E-state index is 10.8. The average Bonchev–Trinajstić information content (AvgIpc) is 2.28. The van der Waals surface area contributed by atoms with Crippen LogP contribution in [0.5, 0.6) is 0 Å². The maximum absolute atomic E-state index is 10.8. The highest BCUT2D eigenvalue weighted by atomic mass is 35.5. The summed E-state index contributed by atoms with van der Waals surface area (Å²) in [7, 11) is 0. The number of hydrogen-bond acceptors (Lipinski definition) is 3. The van der Waals surface area contributed by atoms with E-state index in [9.17, 15) is 15.0 Å². The van der Waals surface area contributed by atoms with Crippen molar-refractivity contribution in [2.24, 2.45) is 0 Å². The summed E-state index contributed by atoms with van der Waals surface area (Å²) in [6.07, 6.45) is -1.99. The third-order valence-electron chi connectivity index (χ3n) is 2.33. The van der Waals surface area contributed by atoms with E-state index in [4.69, 9.17) is 28.3 Å². The molecule has 0 bridgehead atoms. The molecular formula is C11H12Cl2O4. The molecule has 0 heterocycles. The van der Waals surface area contributed by atoms with Crippen LogP contribution in [0.4, 0.5) is 0 Å². The number of rotatable bonds is 5. The second kappa shape index (κ2) is 6.21. The predicted octanol–water partition coefficient (Wildman–Crippen LogP) is 2.06. The Balaban J connectivity index is 2.99. The van der Waals surface area contributed by atoms with Gasteiger partial charge in [-0.1, -0.05) is 17.7 Å². The van der Waals surface area contributed by atoms with Gasteiger partial charge in [0.05, 0.1) is 16.7 Å². The normalized spacial score (nSPS) is 14.4. The van der Waals surface area contributed by atoms with E-state index in [2.05, 4.69) is 0 Å². The van der Waals surface area contributed by atoms with Crippen LogP contribution in [0.15, 0.2) is 18.2 Å². The largest absolute Gasteiger partial charge is 0.478 e. The predicted molar refractivity (Wildman–Crippen MR) is 64.7 cm³/mol. The minimum atomic E-state index is -1.18. The average molecular weight is 279 g/mol. The minimum absolute atomic E-state index is 0.0836. The fraction of sp³-hybridized carbons (Fsp3) is 0.364. The number of carboxylic acid groups (broad SMARTS) is 1. The van der Waals surface area contributed by atoms with Gasteiger partial charge in [-0.05, 0) is 24.1 Å². The Morgan fingerprint density at radius 2 is 2.00 bits per heavy atom. The molecule has 1 aromatic rings. The molecule has 1 aromatic carbocycles. The number of aliphatic hydroxyl groups excluding tert-OH is 2. The van der Waals surface area contributed by atoms with Crippen LogP contribution in [0.25, 0.3) is 0 Å². The Labute approximate surface area is 108 Å². The molecule has 0 spiro atoms. The first-order valence-electron chi connectivity index (χ1n) is 4.92. The van der Waals surface area contributed by atoms with Crippen molar-refractivity contribution >= 4 is 29.2 Å². The zero-order chi connectivity index (χ0) is 13.0. The SMILES string of the molecule is O=C(O)c1cc(C(O)C(O)CCCl)ccc1Cl. The third kappa shape index (κ3) is 3.57. The molecule has 17 heavy (non-hydrogen) atoms. The molecule has 0 aliphatic carbocycles. The highest BCUT2D eigenvalue weighted by molar-refractivity contribution is 6.33. The smallest absolute Gasteiger partial charge is 0.337 e. The number of benzene rings is 1. The summed E-state index contributed by atoms with van der Waals surface area (Å²) in [4.78, 5) is 10.8. The third-order valence-corrected chi connectivity index (χ3v) is 2.88. The molecule has 6 heteroatoms. The summed E-state index contributed by atoms with van der Waals surface area (Å²) in [5.41, 5.74) is 0.186. The molecule has 0 fully saturated rings. The van der Waals surface area contributed by atoms with Crippen LogP contribution in [0.1, 0.15) is 28.4 Å². The summed E-state index contributed by atoms with van der Waals surface area (Å²) >= 11 is 11.1. The van der Waals surface area contributed by atoms with Crippen LogP contribution in [0.2, 0.25) is 5.02 Å². The first-order chi connectivity index (χ1) is 7.97. The number of hydrogen-bond donors (Lipinski definition) is 3. The number of carbonyl (C=O) groups is 1. The van der Waals surface area contributed by atoms with Gasteiger partial charge in [-0.15, -0.1) is 11.6 Å². The van der Waals surface area contributed by atoms with E-state index >= 15 is 0 Å². The first kappa shape index (κ1) is 14.3. The van der Waals surface area contributed by atoms with Crippen LogP contribution in [0.3, 0.4) is 0 Å². The quantitative estimate of drug-likeness (QED) is 0.721. The van der Waals surface area contributed by atoms with E-state index in [0.29, 0.717) is 5.56 Å². The Hall–Kier alpha value is -0.810. The molecule has 0 aliphatic heterocycles. The zero-order valence-electron chi connectivity index (χ0n) is 8.81. The molecule has 0 radical (unpaired) electrons. The molecule has 2 unspecified atom stereocenters. The van der Waals surface area contributed by atoms with Crippen LogP contribution in [-0.4, -0.2) is 33.3 Å². The Kier molecular flexibility index (Phi) is 5.21. The highest BCUT2D eigenvalue weighted by Crippen LogP contribution is 2.24. The molecule has 1 rings (SSSR count). The molecule has 3 N–H and O–H groups in total. The van der Waals surface area contributed by atoms with Crippen LogP contribution >= 0.6 is 23.2 Å². The summed E-state index contributed by atoms with van der Waals surface area (Å²) in [6, 6.07) is 4.08. The van der Waals surface area contributed by atoms with Crippen LogP contribution < -0.4 is 0 Å². The van der Waals surface area contributed by atoms with E-state index in [1.807, 2.05) is 0 Å². The van der Waals surface area contributed by atoms with Gasteiger partial charge in [0.15, 0.2) is 0 Å². The maximum Gasteiger partial charge on any atom is 0.337 e. The second-order valence-electron chi connectivity index (χ2n) is 3.53. The van der Waals surface area contributed by atoms with Crippen LogP contribution in [-0.2, 0) is 0 Å². The molecule has 0 aromatic heterocycles. The molecule has 4 nitrogen and oxygen atoms in total. The van der Waals surface area contributed by atoms with Gasteiger partial charge in [-0.2, -0.15) is 0 Å². The van der Waals surface area contributed by atoms with Crippen molar-refractivity contribution < 1.29 is 20.1 Å². The Morgan fingerprint density at radius 1 is 1.35 bits per heavy atom. The summed E-state index contributed by atoms with van der Waals surface area (Å²) in [5.74, 6) is -0.978. The van der Waals surface area contributed by atoms with Gasteiger partial charge >= 0.3 is 5.97 Å². The van der Waals surface area contributed by atoms with Gasteiger partial charge in [0.2, 0.25) is 0 Å². The fourth-order valence-corrected chi connectivity index (χ4v) is 1.80. The topological polar surface area (TPSA) is 77.8 Å². The number of aliphatic hydroxyl groups is 2. The molecular weight excluding hydrogens is 267 g/mol. The van der Waals surface area contributed by atoms with Crippen LogP contribution in [0, 0.1) is 0 Å². The lowest BCUT2D eigenvalue weighted by Gasteiger charge is -2.17. The van der Waals surface area contributed by atoms with Gasteiger partial charge < -0.3 is 15.3 Å². The zero-order valence-corrected chi connectivity index (χ0v) is 10.3. The van der Waals surface area contributed by atoms with E-state index in [0.717, 1.165) is 0 Å². The van der Waals surface area contributed by atoms with Crippen molar-refractivity contribution in [2.75, 3.05) is 5.88 Å². The van der Waals surface area contributed by atoms with E-state index in [1.54, 1.807) is 0 Å². The van der Waals surface area contributed by atoms with Crippen molar-refractivity contribution in [3.8, 4) is 0 Å². The number of alkyl halides is 1. The van der Waals surface area contributed by atoms with Gasteiger partial charge in [0.25, 0.3) is 0 Å². The number of carboxylic acids is 1. The summed E-state index contributed by atoms with van der Waals surface area (Å²) < 4.78 is 0. The fourth-order valence-electron chi connectivity index (χ4n) is 1.38. The van der Waals surface area contributed by atoms with E-state index < -0.39 is 18.2 Å². The lowest BCUT2D eigenvalue weighted by atomic mass is 10.0. The molecule has 0 saturated heterocycles. The van der Waals surface area contributed by atoms with Crippen molar-refractivity contribution in [3.63, 3.8) is 0 Å². The van der Waals surface area contributed by atoms with Crippen molar-refractivity contribution in [1.82, 2.24) is 0 Å². The van der Waals surface area contributed by atoms with E-state index in [1.165, 1.54) is 18.2 Å². The number of aromatic carboxylic acids is 1. The lowest BCUT2D eigenvalue weighted by molar-refractivity contribution is 0.0169. The van der Waals surface area contributed by atoms with Gasteiger partial charge in [-0.25, -0.2) is 4.79 Å². The van der Waals surface area contributed by atoms with Gasteiger partial charge in [0, 0.05) is 5.88 Å². The Morgan fingerprint density at radius 3 is 2.53 bits per heavy atom. The van der Waals surface area contributed by atoms with Gasteiger partial charge in [-0.3, -0.25) is 0 Å². The molecule has 0 amide bonds. The number of halogens is 2. The van der Waals surface area contributed by atoms with Crippen molar-refractivity contribution in [2.45, 2.75) is 18.6 Å². The van der Waals surface area contributed by atoms with E-state index in [-0.39, 0.29) is 22.9 Å². The summed E-state index contributed by atoms with van der Waals surface area (Å²) in [5, 5.41) is 28.3. The lowest BCUT2D eigenvalue weighted by Crippen LogP contribution is -2.19. The van der Waals surface area contributed by atoms with Crippen molar-refractivity contribution in [1.29, 1.82) is 0 Å².